The van der Waals surface area contributed by atoms with Crippen LogP contribution in [0.2, 0.25) is 0 Å². The number of ether oxygens (including phenoxy) is 1. The molecule has 1 aromatic carbocycles. The van der Waals surface area contributed by atoms with E-state index in [9.17, 15) is 0 Å². The van der Waals surface area contributed by atoms with Gasteiger partial charge in [-0.2, -0.15) is 0 Å². The number of hydrogen-bond donors (Lipinski definition) is 1. The predicted octanol–water partition coefficient (Wildman–Crippen LogP) is 4.46. The van der Waals surface area contributed by atoms with E-state index in [0.29, 0.717) is 0 Å². The highest BCUT2D eigenvalue weighted by molar-refractivity contribution is 5.60. The minimum atomic E-state index is 0.171. The van der Waals surface area contributed by atoms with Gasteiger partial charge in [-0.3, -0.25) is 0 Å². The number of nitrogen functional groups attached to an aromatic ring is 1. The SMILES string of the molecule is CCCCN(CCCC)c1cc(N)cc(OC(C)C)c1. The van der Waals surface area contributed by atoms with Gasteiger partial charge in [0, 0.05) is 36.6 Å². The van der Waals surface area contributed by atoms with E-state index < -0.39 is 0 Å². The highest BCUT2D eigenvalue weighted by Crippen LogP contribution is 2.27. The lowest BCUT2D eigenvalue weighted by atomic mass is 10.2. The van der Waals surface area contributed by atoms with Crippen LogP contribution in [0.1, 0.15) is 53.4 Å². The van der Waals surface area contributed by atoms with Crippen molar-refractivity contribution < 1.29 is 4.74 Å². The second-order valence-corrected chi connectivity index (χ2v) is 5.62. The molecule has 0 fully saturated rings. The standard InChI is InChI=1S/C17H30N2O/c1-5-7-9-19(10-8-6-2)16-11-15(18)12-17(13-16)20-14(3)4/h11-14H,5-10,18H2,1-4H3. The zero-order chi connectivity index (χ0) is 15.0. The van der Waals surface area contributed by atoms with Crippen LogP contribution in [0.15, 0.2) is 18.2 Å². The third-order valence-electron chi connectivity index (χ3n) is 3.21. The molecule has 114 valence electrons. The zero-order valence-electron chi connectivity index (χ0n) is 13.5. The van der Waals surface area contributed by atoms with Crippen LogP contribution in [-0.4, -0.2) is 19.2 Å². The van der Waals surface area contributed by atoms with Crippen LogP contribution in [0.5, 0.6) is 5.75 Å². The van der Waals surface area contributed by atoms with Crippen molar-refractivity contribution in [2.24, 2.45) is 0 Å². The average molecular weight is 278 g/mol. The Balaban J connectivity index is 2.89. The fourth-order valence-corrected chi connectivity index (χ4v) is 2.20. The summed E-state index contributed by atoms with van der Waals surface area (Å²) in [4.78, 5) is 2.43. The van der Waals surface area contributed by atoms with Gasteiger partial charge in [-0.1, -0.05) is 26.7 Å². The van der Waals surface area contributed by atoms with E-state index >= 15 is 0 Å². The van der Waals surface area contributed by atoms with E-state index in [0.717, 1.165) is 24.5 Å². The molecule has 3 heteroatoms. The summed E-state index contributed by atoms with van der Waals surface area (Å²) < 4.78 is 5.79. The number of rotatable bonds is 9. The Morgan fingerprint density at radius 3 is 2.15 bits per heavy atom. The molecular weight excluding hydrogens is 248 g/mol. The monoisotopic (exact) mass is 278 g/mol. The fourth-order valence-electron chi connectivity index (χ4n) is 2.20. The van der Waals surface area contributed by atoms with Gasteiger partial charge in [0.05, 0.1) is 6.10 Å². The molecule has 0 aliphatic carbocycles. The van der Waals surface area contributed by atoms with E-state index in [2.05, 4.69) is 30.9 Å². The summed E-state index contributed by atoms with van der Waals surface area (Å²) in [5.74, 6) is 0.869. The van der Waals surface area contributed by atoms with Crippen molar-refractivity contribution >= 4 is 11.4 Å². The van der Waals surface area contributed by atoms with Crippen molar-refractivity contribution in [3.05, 3.63) is 18.2 Å². The van der Waals surface area contributed by atoms with Gasteiger partial charge < -0.3 is 15.4 Å². The zero-order valence-corrected chi connectivity index (χ0v) is 13.5. The predicted molar refractivity (Wildman–Crippen MR) is 88.6 cm³/mol. The van der Waals surface area contributed by atoms with Crippen LogP contribution in [0, 0.1) is 0 Å². The Kier molecular flexibility index (Phi) is 7.27. The maximum absolute atomic E-state index is 6.02. The van der Waals surface area contributed by atoms with Crippen LogP contribution >= 0.6 is 0 Å². The Labute approximate surface area is 124 Å². The molecule has 0 aliphatic rings. The Morgan fingerprint density at radius 1 is 1.05 bits per heavy atom. The molecule has 3 nitrogen and oxygen atoms in total. The average Bonchev–Trinajstić information content (AvgIpc) is 2.37. The summed E-state index contributed by atoms with van der Waals surface area (Å²) in [7, 11) is 0. The van der Waals surface area contributed by atoms with E-state index in [1.54, 1.807) is 0 Å². The minimum absolute atomic E-state index is 0.171. The largest absolute Gasteiger partial charge is 0.491 e. The number of anilines is 2. The first-order valence-electron chi connectivity index (χ1n) is 7.89. The van der Waals surface area contributed by atoms with Crippen LogP contribution in [0.4, 0.5) is 11.4 Å². The summed E-state index contributed by atoms with van der Waals surface area (Å²) in [6.07, 6.45) is 5.00. The maximum Gasteiger partial charge on any atom is 0.123 e. The molecule has 20 heavy (non-hydrogen) atoms. The molecule has 0 aliphatic heterocycles. The Bertz CT molecular complexity index is 383. The number of nitrogens with zero attached hydrogens (tertiary/aromatic N) is 1. The summed E-state index contributed by atoms with van der Waals surface area (Å²) >= 11 is 0. The second-order valence-electron chi connectivity index (χ2n) is 5.62. The van der Waals surface area contributed by atoms with E-state index in [1.165, 1.54) is 31.4 Å². The quantitative estimate of drug-likeness (QED) is 0.678. The second kappa shape index (κ2) is 8.72. The van der Waals surface area contributed by atoms with Crippen LogP contribution in [0.25, 0.3) is 0 Å². The molecule has 0 saturated carbocycles. The number of nitrogens with two attached hydrogens (primary N) is 1. The van der Waals surface area contributed by atoms with Crippen LogP contribution in [-0.2, 0) is 0 Å². The van der Waals surface area contributed by atoms with Crippen molar-refractivity contribution in [1.82, 2.24) is 0 Å². The molecule has 0 saturated heterocycles. The first-order valence-corrected chi connectivity index (χ1v) is 7.89. The fraction of sp³-hybridized carbons (Fsp3) is 0.647. The first kappa shape index (κ1) is 16.7. The van der Waals surface area contributed by atoms with Gasteiger partial charge in [0.2, 0.25) is 0 Å². The molecule has 0 amide bonds. The summed E-state index contributed by atoms with van der Waals surface area (Å²) in [5.41, 5.74) is 7.98. The molecule has 1 aromatic rings. The van der Waals surface area contributed by atoms with Crippen molar-refractivity contribution in [1.29, 1.82) is 0 Å². The lowest BCUT2D eigenvalue weighted by Crippen LogP contribution is -2.25. The van der Waals surface area contributed by atoms with Gasteiger partial charge in [-0.25, -0.2) is 0 Å². The maximum atomic E-state index is 6.02. The number of hydrogen-bond acceptors (Lipinski definition) is 3. The number of unbranched alkanes of at least 4 members (excludes halogenated alkanes) is 2. The van der Waals surface area contributed by atoms with Gasteiger partial charge >= 0.3 is 0 Å². The van der Waals surface area contributed by atoms with Gasteiger partial charge in [-0.15, -0.1) is 0 Å². The number of benzene rings is 1. The molecule has 2 N–H and O–H groups in total. The lowest BCUT2D eigenvalue weighted by molar-refractivity contribution is 0.242. The molecule has 0 heterocycles. The van der Waals surface area contributed by atoms with Gasteiger partial charge in [0.15, 0.2) is 0 Å². The van der Waals surface area contributed by atoms with Crippen LogP contribution < -0.4 is 15.4 Å². The Hall–Kier alpha value is -1.38. The smallest absolute Gasteiger partial charge is 0.123 e. The van der Waals surface area contributed by atoms with Gasteiger partial charge in [-0.05, 0) is 32.8 Å². The van der Waals surface area contributed by atoms with Gasteiger partial charge in [0.25, 0.3) is 0 Å². The third kappa shape index (κ3) is 5.72. The van der Waals surface area contributed by atoms with E-state index in [4.69, 9.17) is 10.5 Å². The molecule has 1 rings (SSSR count). The van der Waals surface area contributed by atoms with Crippen molar-refractivity contribution in [2.75, 3.05) is 23.7 Å². The van der Waals surface area contributed by atoms with Crippen LogP contribution in [0.3, 0.4) is 0 Å². The minimum Gasteiger partial charge on any atom is -0.491 e. The Morgan fingerprint density at radius 2 is 1.65 bits per heavy atom. The van der Waals surface area contributed by atoms with E-state index in [1.807, 2.05) is 19.9 Å². The topological polar surface area (TPSA) is 38.5 Å². The molecule has 0 spiro atoms. The first-order chi connectivity index (χ1) is 9.56. The van der Waals surface area contributed by atoms with E-state index in [-0.39, 0.29) is 6.10 Å². The highest BCUT2D eigenvalue weighted by atomic mass is 16.5. The molecule has 0 aromatic heterocycles. The van der Waals surface area contributed by atoms with Gasteiger partial charge in [0.1, 0.15) is 5.75 Å². The summed E-state index contributed by atoms with van der Waals surface area (Å²) in [6.45, 7) is 10.7. The highest BCUT2D eigenvalue weighted by Gasteiger charge is 2.09. The van der Waals surface area contributed by atoms with Crippen molar-refractivity contribution in [3.63, 3.8) is 0 Å². The molecule has 0 bridgehead atoms. The summed E-state index contributed by atoms with van der Waals surface area (Å²) in [6, 6.07) is 6.07. The lowest BCUT2D eigenvalue weighted by Gasteiger charge is -2.26. The third-order valence-corrected chi connectivity index (χ3v) is 3.21. The summed E-state index contributed by atoms with van der Waals surface area (Å²) in [5, 5.41) is 0. The normalized spacial score (nSPS) is 10.8. The van der Waals surface area contributed by atoms with Crippen molar-refractivity contribution in [3.8, 4) is 5.75 Å². The molecule has 0 radical (unpaired) electrons. The molecule has 0 unspecified atom stereocenters. The molecule has 0 atom stereocenters. The molecular formula is C17H30N2O. The van der Waals surface area contributed by atoms with Crippen molar-refractivity contribution in [2.45, 2.75) is 59.5 Å².